The van der Waals surface area contributed by atoms with Crippen LogP contribution in [0.2, 0.25) is 0 Å². The minimum Gasteiger partial charge on any atom is -0.391 e. The van der Waals surface area contributed by atoms with E-state index in [1.807, 2.05) is 4.90 Å². The highest BCUT2D eigenvalue weighted by atomic mass is 16.3. The molecule has 4 heteroatoms. The third kappa shape index (κ3) is 7.56. The number of carbonyl (C=O) groups excluding carboxylic acids is 1. The maximum absolute atomic E-state index is 12.7. The summed E-state index contributed by atoms with van der Waals surface area (Å²) in [5.41, 5.74) is -0.187. The maximum Gasteiger partial charge on any atom is 0.318 e. The molecule has 1 saturated carbocycles. The van der Waals surface area contributed by atoms with E-state index >= 15 is 0 Å². The smallest absolute Gasteiger partial charge is 0.318 e. The van der Waals surface area contributed by atoms with Gasteiger partial charge in [0, 0.05) is 12.1 Å². The summed E-state index contributed by atoms with van der Waals surface area (Å²) >= 11 is 0. The van der Waals surface area contributed by atoms with E-state index < -0.39 is 0 Å². The number of unbranched alkanes of at least 4 members (excludes halogenated alkanes) is 5. The minimum atomic E-state index is -0.386. The van der Waals surface area contributed by atoms with Gasteiger partial charge < -0.3 is 15.3 Å². The monoisotopic (exact) mass is 326 g/mol. The molecule has 0 aromatic rings. The molecule has 0 unspecified atom stereocenters. The van der Waals surface area contributed by atoms with E-state index in [9.17, 15) is 9.90 Å². The van der Waals surface area contributed by atoms with Gasteiger partial charge in [0.05, 0.1) is 12.1 Å². The van der Waals surface area contributed by atoms with Gasteiger partial charge in [-0.3, -0.25) is 0 Å². The normalized spacial score (nSPS) is 22.0. The lowest BCUT2D eigenvalue weighted by Gasteiger charge is -2.38. The highest BCUT2D eigenvalue weighted by molar-refractivity contribution is 5.75. The first-order chi connectivity index (χ1) is 10.9. The number of nitrogens with zero attached hydrogens (tertiary/aromatic N) is 1. The van der Waals surface area contributed by atoms with Crippen molar-refractivity contribution in [3.8, 4) is 0 Å². The minimum absolute atomic E-state index is 0.0167. The standard InChI is InChI=1S/C19H38N2O2/c1-5-6-7-8-9-12-15-21(19(2,3)4)18(23)20-16-13-10-11-14-17(16)22/h16-17,22H,5-15H2,1-4H3,(H,20,23)/t16-,17-/m0/s1. The van der Waals surface area contributed by atoms with Gasteiger partial charge >= 0.3 is 6.03 Å². The molecule has 1 rings (SSSR count). The van der Waals surface area contributed by atoms with Crippen molar-refractivity contribution in [1.29, 1.82) is 0 Å². The molecule has 2 N–H and O–H groups in total. The second-order valence-electron chi connectivity index (χ2n) is 8.00. The molecule has 1 fully saturated rings. The summed E-state index contributed by atoms with van der Waals surface area (Å²) in [4.78, 5) is 14.6. The van der Waals surface area contributed by atoms with E-state index in [0.717, 1.165) is 38.6 Å². The van der Waals surface area contributed by atoms with E-state index in [4.69, 9.17) is 0 Å². The highest BCUT2D eigenvalue weighted by Crippen LogP contribution is 2.20. The number of aliphatic hydroxyl groups excluding tert-OH is 1. The van der Waals surface area contributed by atoms with Gasteiger partial charge in [-0.2, -0.15) is 0 Å². The number of carbonyl (C=O) groups is 1. The van der Waals surface area contributed by atoms with Gasteiger partial charge in [-0.25, -0.2) is 4.79 Å². The summed E-state index contributed by atoms with van der Waals surface area (Å²) in [6, 6.07) is -0.0948. The molecule has 2 atom stereocenters. The summed E-state index contributed by atoms with van der Waals surface area (Å²) < 4.78 is 0. The predicted molar refractivity (Wildman–Crippen MR) is 96.6 cm³/mol. The number of urea groups is 1. The Balaban J connectivity index is 2.44. The molecule has 0 radical (unpaired) electrons. The third-order valence-corrected chi connectivity index (χ3v) is 4.83. The van der Waals surface area contributed by atoms with Crippen LogP contribution in [0.25, 0.3) is 0 Å². The molecule has 4 nitrogen and oxygen atoms in total. The van der Waals surface area contributed by atoms with E-state index in [-0.39, 0.29) is 23.7 Å². The van der Waals surface area contributed by atoms with Crippen LogP contribution in [0.4, 0.5) is 4.79 Å². The van der Waals surface area contributed by atoms with Crippen molar-refractivity contribution in [2.45, 2.75) is 110 Å². The van der Waals surface area contributed by atoms with Crippen LogP contribution in [-0.4, -0.2) is 40.3 Å². The van der Waals surface area contributed by atoms with Crippen molar-refractivity contribution in [3.05, 3.63) is 0 Å². The fourth-order valence-corrected chi connectivity index (χ4v) is 3.31. The van der Waals surface area contributed by atoms with E-state index in [0.29, 0.717) is 0 Å². The van der Waals surface area contributed by atoms with Gasteiger partial charge in [-0.15, -0.1) is 0 Å². The Hall–Kier alpha value is -0.770. The Morgan fingerprint density at radius 1 is 1.09 bits per heavy atom. The fourth-order valence-electron chi connectivity index (χ4n) is 3.31. The second kappa shape index (κ2) is 10.2. The van der Waals surface area contributed by atoms with Gasteiger partial charge in [-0.05, 0) is 40.0 Å². The molecular weight excluding hydrogens is 288 g/mol. The van der Waals surface area contributed by atoms with Crippen LogP contribution in [0.5, 0.6) is 0 Å². The molecule has 23 heavy (non-hydrogen) atoms. The molecule has 1 aliphatic carbocycles. The number of rotatable bonds is 8. The van der Waals surface area contributed by atoms with Gasteiger partial charge in [0.2, 0.25) is 0 Å². The summed E-state index contributed by atoms with van der Waals surface area (Å²) in [6.07, 6.45) is 10.8. The molecule has 0 spiro atoms. The number of nitrogens with one attached hydrogen (secondary N) is 1. The van der Waals surface area contributed by atoms with Crippen LogP contribution in [0, 0.1) is 0 Å². The quantitative estimate of drug-likeness (QED) is 0.647. The molecule has 1 aliphatic rings. The Morgan fingerprint density at radius 2 is 1.70 bits per heavy atom. The lowest BCUT2D eigenvalue weighted by atomic mass is 9.92. The average Bonchev–Trinajstić information content (AvgIpc) is 2.47. The summed E-state index contributed by atoms with van der Waals surface area (Å²) in [6.45, 7) is 9.28. The van der Waals surface area contributed by atoms with Crippen molar-refractivity contribution in [1.82, 2.24) is 10.2 Å². The van der Waals surface area contributed by atoms with Crippen LogP contribution in [0.1, 0.15) is 91.9 Å². The van der Waals surface area contributed by atoms with E-state index in [1.54, 1.807) is 0 Å². The second-order valence-corrected chi connectivity index (χ2v) is 8.00. The molecule has 0 aromatic carbocycles. The fraction of sp³-hybridized carbons (Fsp3) is 0.947. The zero-order valence-electron chi connectivity index (χ0n) is 15.7. The SMILES string of the molecule is CCCCCCCCN(C(=O)N[C@H]1CCCC[C@@H]1O)C(C)(C)C. The number of hydrogen-bond acceptors (Lipinski definition) is 2. The number of aliphatic hydroxyl groups is 1. The molecule has 0 heterocycles. The summed E-state index contributed by atoms with van der Waals surface area (Å²) in [5, 5.41) is 13.1. The van der Waals surface area contributed by atoms with Crippen molar-refractivity contribution < 1.29 is 9.90 Å². The average molecular weight is 327 g/mol. The Bertz CT molecular complexity index is 339. The summed E-state index contributed by atoms with van der Waals surface area (Å²) in [5.74, 6) is 0. The largest absolute Gasteiger partial charge is 0.391 e. The number of hydrogen-bond donors (Lipinski definition) is 2. The molecule has 0 aliphatic heterocycles. The van der Waals surface area contributed by atoms with Gasteiger partial charge in [0.1, 0.15) is 0 Å². The van der Waals surface area contributed by atoms with Gasteiger partial charge in [0.15, 0.2) is 0 Å². The lowest BCUT2D eigenvalue weighted by Crippen LogP contribution is -2.55. The van der Waals surface area contributed by atoms with Crippen LogP contribution >= 0.6 is 0 Å². The van der Waals surface area contributed by atoms with Crippen LogP contribution in [-0.2, 0) is 0 Å². The van der Waals surface area contributed by atoms with Crippen LogP contribution in [0.3, 0.4) is 0 Å². The topological polar surface area (TPSA) is 52.6 Å². The maximum atomic E-state index is 12.7. The van der Waals surface area contributed by atoms with E-state index in [1.165, 1.54) is 32.1 Å². The summed E-state index contributed by atoms with van der Waals surface area (Å²) in [7, 11) is 0. The van der Waals surface area contributed by atoms with Crippen LogP contribution < -0.4 is 5.32 Å². The lowest BCUT2D eigenvalue weighted by molar-refractivity contribution is 0.0824. The van der Waals surface area contributed by atoms with Crippen molar-refractivity contribution in [2.24, 2.45) is 0 Å². The zero-order valence-corrected chi connectivity index (χ0v) is 15.7. The van der Waals surface area contributed by atoms with Crippen molar-refractivity contribution in [3.63, 3.8) is 0 Å². The molecule has 0 saturated heterocycles. The first-order valence-electron chi connectivity index (χ1n) is 9.62. The third-order valence-electron chi connectivity index (χ3n) is 4.83. The molecule has 2 amide bonds. The number of amides is 2. The molecule has 136 valence electrons. The van der Waals surface area contributed by atoms with Crippen molar-refractivity contribution in [2.75, 3.05) is 6.54 Å². The van der Waals surface area contributed by atoms with Gasteiger partial charge in [-0.1, -0.05) is 51.9 Å². The van der Waals surface area contributed by atoms with E-state index in [2.05, 4.69) is 33.0 Å². The highest BCUT2D eigenvalue weighted by Gasteiger charge is 2.30. The Kier molecular flexibility index (Phi) is 8.96. The van der Waals surface area contributed by atoms with Crippen molar-refractivity contribution >= 4 is 6.03 Å². The molecule has 0 bridgehead atoms. The Labute approximate surface area is 143 Å². The first kappa shape index (κ1) is 20.3. The Morgan fingerprint density at radius 3 is 2.30 bits per heavy atom. The predicted octanol–water partition coefficient (Wildman–Crippen LogP) is 4.46. The van der Waals surface area contributed by atoms with Crippen LogP contribution in [0.15, 0.2) is 0 Å². The molecule has 0 aromatic heterocycles. The molecular formula is C19H38N2O2. The zero-order chi connectivity index (χ0) is 17.3. The first-order valence-corrected chi connectivity index (χ1v) is 9.62. The van der Waals surface area contributed by atoms with Gasteiger partial charge in [0.25, 0.3) is 0 Å².